The number of nitrogens with zero attached hydrogens (tertiary/aromatic N) is 1. The van der Waals surface area contributed by atoms with Gasteiger partial charge in [-0.1, -0.05) is 0 Å². The van der Waals surface area contributed by atoms with E-state index in [0.717, 1.165) is 13.0 Å². The van der Waals surface area contributed by atoms with Gasteiger partial charge in [-0.25, -0.2) is 4.79 Å². The van der Waals surface area contributed by atoms with Crippen LogP contribution in [0.2, 0.25) is 0 Å². The van der Waals surface area contributed by atoms with Crippen LogP contribution >= 0.6 is 0 Å². The fourth-order valence-corrected chi connectivity index (χ4v) is 3.31. The summed E-state index contributed by atoms with van der Waals surface area (Å²) in [6.45, 7) is 0.627. The molecule has 1 unspecified atom stereocenters. The van der Waals surface area contributed by atoms with Crippen LogP contribution in [-0.4, -0.2) is 95.7 Å². The summed E-state index contributed by atoms with van der Waals surface area (Å²) < 4.78 is 16.1. The highest BCUT2D eigenvalue weighted by atomic mass is 16.7. The highest BCUT2D eigenvalue weighted by Crippen LogP contribution is 2.26. The molecule has 32 heavy (non-hydrogen) atoms. The summed E-state index contributed by atoms with van der Waals surface area (Å²) in [5, 5.41) is 42.2. The van der Waals surface area contributed by atoms with Crippen LogP contribution < -0.4 is 15.7 Å². The van der Waals surface area contributed by atoms with Crippen LogP contribution in [-0.2, 0) is 4.74 Å². The van der Waals surface area contributed by atoms with Gasteiger partial charge in [0.15, 0.2) is 0 Å². The van der Waals surface area contributed by atoms with E-state index in [0.29, 0.717) is 11.9 Å². The van der Waals surface area contributed by atoms with Crippen molar-refractivity contribution in [2.45, 2.75) is 37.1 Å². The molecule has 11 nitrogen and oxygen atoms in total. The largest absolute Gasteiger partial charge is 0.462 e. The molecule has 1 aliphatic heterocycles. The molecule has 2 aromatic rings. The first kappa shape index (κ1) is 24.1. The molecule has 3 rings (SSSR count). The van der Waals surface area contributed by atoms with E-state index < -0.39 is 48.8 Å². The number of aliphatic hydroxyl groups excluding tert-OH is 4. The van der Waals surface area contributed by atoms with Crippen LogP contribution in [0.4, 0.5) is 0 Å². The van der Waals surface area contributed by atoms with Crippen molar-refractivity contribution < 1.29 is 39.1 Å². The molecule has 1 fully saturated rings. The maximum Gasteiger partial charge on any atom is 0.349 e. The molecule has 0 saturated carbocycles. The quantitative estimate of drug-likeness (QED) is 0.239. The van der Waals surface area contributed by atoms with Gasteiger partial charge in [-0.15, -0.1) is 0 Å². The number of ether oxygens (including phenoxy) is 2. The van der Waals surface area contributed by atoms with E-state index in [2.05, 4.69) is 5.32 Å². The molecular weight excluding hydrogens is 424 g/mol. The maximum absolute atomic E-state index is 12.3. The van der Waals surface area contributed by atoms with Crippen molar-refractivity contribution in [1.29, 1.82) is 0 Å². The van der Waals surface area contributed by atoms with Gasteiger partial charge in [0.05, 0.1) is 6.61 Å². The summed E-state index contributed by atoms with van der Waals surface area (Å²) in [6, 6.07) is 5.85. The monoisotopic (exact) mass is 452 g/mol. The second kappa shape index (κ2) is 10.4. The number of benzene rings is 1. The smallest absolute Gasteiger partial charge is 0.349 e. The normalized spacial score (nSPS) is 25.8. The predicted octanol–water partition coefficient (Wildman–Crippen LogP) is -1.35. The Morgan fingerprint density at radius 2 is 1.91 bits per heavy atom. The summed E-state index contributed by atoms with van der Waals surface area (Å²) >= 11 is 0. The number of fused-ring (bicyclic) bond motifs is 1. The molecule has 1 aromatic carbocycles. The second-order valence-corrected chi connectivity index (χ2v) is 7.88. The number of carbonyl (C=O) groups is 1. The third-order valence-corrected chi connectivity index (χ3v) is 5.12. The average Bonchev–Trinajstić information content (AvgIpc) is 2.76. The number of amides is 1. The Morgan fingerprint density at radius 3 is 2.59 bits per heavy atom. The molecule has 1 aliphatic rings. The highest BCUT2D eigenvalue weighted by molar-refractivity contribution is 5.96. The van der Waals surface area contributed by atoms with E-state index in [1.165, 1.54) is 18.2 Å². The van der Waals surface area contributed by atoms with Gasteiger partial charge in [0.1, 0.15) is 41.3 Å². The topological polar surface area (TPSA) is 162 Å². The summed E-state index contributed by atoms with van der Waals surface area (Å²) in [7, 11) is 3.85. The van der Waals surface area contributed by atoms with Crippen LogP contribution in [0.25, 0.3) is 11.0 Å². The number of hydrogen-bond donors (Lipinski definition) is 5. The number of carbonyl (C=O) groups excluding carboxylic acids is 1. The van der Waals surface area contributed by atoms with Crippen LogP contribution in [0.1, 0.15) is 16.8 Å². The van der Waals surface area contributed by atoms with Gasteiger partial charge < -0.3 is 44.5 Å². The van der Waals surface area contributed by atoms with E-state index in [1.54, 1.807) is 6.07 Å². The van der Waals surface area contributed by atoms with E-state index in [-0.39, 0.29) is 16.9 Å². The number of rotatable bonds is 8. The van der Waals surface area contributed by atoms with E-state index in [9.17, 15) is 30.0 Å². The fourth-order valence-electron chi connectivity index (χ4n) is 3.31. The zero-order valence-corrected chi connectivity index (χ0v) is 17.8. The Labute approximate surface area is 183 Å². The van der Waals surface area contributed by atoms with E-state index >= 15 is 0 Å². The third kappa shape index (κ3) is 5.44. The Hall–Kier alpha value is -2.54. The minimum atomic E-state index is -1.58. The van der Waals surface area contributed by atoms with Crippen LogP contribution in [0.5, 0.6) is 5.75 Å². The van der Waals surface area contributed by atoms with Gasteiger partial charge >= 0.3 is 5.63 Å². The molecule has 1 saturated heterocycles. The molecule has 5 N–H and O–H groups in total. The molecule has 0 bridgehead atoms. The minimum absolute atomic E-state index is 0.120. The Bertz CT molecular complexity index is 991. The first-order chi connectivity index (χ1) is 15.2. The molecule has 176 valence electrons. The molecule has 5 atom stereocenters. The van der Waals surface area contributed by atoms with Crippen molar-refractivity contribution in [2.75, 3.05) is 33.8 Å². The van der Waals surface area contributed by atoms with Crippen molar-refractivity contribution in [1.82, 2.24) is 10.2 Å². The summed E-state index contributed by atoms with van der Waals surface area (Å²) in [5.41, 5.74) is -0.793. The maximum atomic E-state index is 12.3. The Kier molecular flexibility index (Phi) is 7.82. The molecule has 1 amide bonds. The van der Waals surface area contributed by atoms with Crippen LogP contribution in [0.15, 0.2) is 33.5 Å². The first-order valence-electron chi connectivity index (χ1n) is 10.2. The Balaban J connectivity index is 1.73. The van der Waals surface area contributed by atoms with Crippen LogP contribution in [0, 0.1) is 0 Å². The number of nitrogens with one attached hydrogen (secondary N) is 1. The van der Waals surface area contributed by atoms with Gasteiger partial charge in [0, 0.05) is 18.0 Å². The van der Waals surface area contributed by atoms with E-state index in [4.69, 9.17) is 13.9 Å². The molecule has 2 heterocycles. The summed E-state index contributed by atoms with van der Waals surface area (Å²) in [5.74, 6) is -0.382. The standard InChI is InChI=1S/C21H28N2O9/c1-23(2)7-3-6-22-19(28)13-8-11-4-5-12(9-14(11)31-20(13)29)30-21-18(27)17(26)16(25)15(10-24)32-21/h4-5,8-9,15-18,21,24-27H,3,6-7,10H2,1-2H3,(H,22,28)/t15?,16-,17+,18+,21+/m0/s1. The lowest BCUT2D eigenvalue weighted by molar-refractivity contribution is -0.277. The van der Waals surface area contributed by atoms with Crippen molar-refractivity contribution >= 4 is 16.9 Å². The predicted molar refractivity (Wildman–Crippen MR) is 112 cm³/mol. The van der Waals surface area contributed by atoms with Gasteiger partial charge in [-0.05, 0) is 45.3 Å². The summed E-state index contributed by atoms with van der Waals surface area (Å²) in [6.07, 6.45) is -6.41. The van der Waals surface area contributed by atoms with Crippen LogP contribution in [0.3, 0.4) is 0 Å². The Morgan fingerprint density at radius 1 is 1.16 bits per heavy atom. The SMILES string of the molecule is CN(C)CCCNC(=O)c1cc2ccc(O[C@@H]3OC(CO)[C@H](O)[C@@H](O)[C@H]3O)cc2oc1=O. The molecule has 1 aromatic heterocycles. The highest BCUT2D eigenvalue weighted by Gasteiger charge is 2.44. The van der Waals surface area contributed by atoms with Gasteiger partial charge in [-0.3, -0.25) is 4.79 Å². The van der Waals surface area contributed by atoms with Crippen molar-refractivity contribution in [3.05, 3.63) is 40.2 Å². The minimum Gasteiger partial charge on any atom is -0.462 e. The molecule has 0 radical (unpaired) electrons. The van der Waals surface area contributed by atoms with Gasteiger partial charge in [-0.2, -0.15) is 0 Å². The molecule has 0 aliphatic carbocycles. The molecule has 11 heteroatoms. The fraction of sp³-hybridized carbons (Fsp3) is 0.524. The van der Waals surface area contributed by atoms with E-state index in [1.807, 2.05) is 19.0 Å². The van der Waals surface area contributed by atoms with Crippen molar-refractivity contribution in [2.24, 2.45) is 0 Å². The van der Waals surface area contributed by atoms with Crippen molar-refractivity contribution in [3.8, 4) is 5.75 Å². The average molecular weight is 452 g/mol. The lowest BCUT2D eigenvalue weighted by atomic mass is 9.99. The molecule has 0 spiro atoms. The lowest BCUT2D eigenvalue weighted by Crippen LogP contribution is -2.60. The van der Waals surface area contributed by atoms with Crippen molar-refractivity contribution in [3.63, 3.8) is 0 Å². The lowest BCUT2D eigenvalue weighted by Gasteiger charge is -2.39. The van der Waals surface area contributed by atoms with Gasteiger partial charge in [0.2, 0.25) is 6.29 Å². The zero-order chi connectivity index (χ0) is 23.4. The number of hydrogen-bond acceptors (Lipinski definition) is 10. The second-order valence-electron chi connectivity index (χ2n) is 7.88. The zero-order valence-electron chi connectivity index (χ0n) is 17.8. The first-order valence-corrected chi connectivity index (χ1v) is 10.2. The summed E-state index contributed by atoms with van der Waals surface area (Å²) in [4.78, 5) is 26.6. The van der Waals surface area contributed by atoms with Gasteiger partial charge in [0.25, 0.3) is 5.91 Å². The number of aliphatic hydroxyl groups is 4. The molecular formula is C21H28N2O9. The third-order valence-electron chi connectivity index (χ3n) is 5.12.